The zero-order valence-electron chi connectivity index (χ0n) is 11.6. The number of nitrogens with zero attached hydrogens (tertiary/aromatic N) is 3. The standard InChI is InChI=1S/C14H23ClN4/c1-14(4-5-16-10-14)11-18-6-2-13(3-7-18)19-9-12(15)8-17-19/h8-9,13,16H,2-7,10-11H2,1H3. The van der Waals surface area contributed by atoms with Gasteiger partial charge in [-0.2, -0.15) is 5.10 Å². The Balaban J connectivity index is 1.52. The molecule has 0 aliphatic carbocycles. The lowest BCUT2D eigenvalue weighted by atomic mass is 9.88. The zero-order valence-corrected chi connectivity index (χ0v) is 12.4. The van der Waals surface area contributed by atoms with Gasteiger partial charge in [-0.3, -0.25) is 4.68 Å². The van der Waals surface area contributed by atoms with Crippen molar-refractivity contribution in [3.8, 4) is 0 Å². The summed E-state index contributed by atoms with van der Waals surface area (Å²) < 4.78 is 2.04. The van der Waals surface area contributed by atoms with Gasteiger partial charge in [-0.05, 0) is 31.2 Å². The predicted octanol–water partition coefficient (Wildman–Crippen LogP) is 2.17. The van der Waals surface area contributed by atoms with Crippen molar-refractivity contribution in [2.75, 3.05) is 32.7 Å². The van der Waals surface area contributed by atoms with Crippen LogP contribution < -0.4 is 5.32 Å². The van der Waals surface area contributed by atoms with Gasteiger partial charge in [-0.1, -0.05) is 18.5 Å². The van der Waals surface area contributed by atoms with Crippen LogP contribution in [0.2, 0.25) is 5.02 Å². The maximum Gasteiger partial charge on any atom is 0.0785 e. The van der Waals surface area contributed by atoms with Gasteiger partial charge in [-0.25, -0.2) is 0 Å². The molecule has 0 spiro atoms. The highest BCUT2D eigenvalue weighted by Gasteiger charge is 2.32. The van der Waals surface area contributed by atoms with Crippen LogP contribution in [0.3, 0.4) is 0 Å². The van der Waals surface area contributed by atoms with Crippen LogP contribution in [0.4, 0.5) is 0 Å². The summed E-state index contributed by atoms with van der Waals surface area (Å²) in [6, 6.07) is 0.526. The van der Waals surface area contributed by atoms with Crippen LogP contribution in [0.15, 0.2) is 12.4 Å². The minimum Gasteiger partial charge on any atom is -0.316 e. The van der Waals surface area contributed by atoms with Gasteiger partial charge < -0.3 is 10.2 Å². The van der Waals surface area contributed by atoms with E-state index in [2.05, 4.69) is 22.2 Å². The summed E-state index contributed by atoms with van der Waals surface area (Å²) in [4.78, 5) is 2.62. The molecule has 19 heavy (non-hydrogen) atoms. The largest absolute Gasteiger partial charge is 0.316 e. The smallest absolute Gasteiger partial charge is 0.0785 e. The predicted molar refractivity (Wildman–Crippen MR) is 77.5 cm³/mol. The van der Waals surface area contributed by atoms with Crippen LogP contribution in [0.1, 0.15) is 32.2 Å². The molecule has 2 fully saturated rings. The number of halogens is 1. The summed E-state index contributed by atoms with van der Waals surface area (Å²) >= 11 is 5.94. The fraction of sp³-hybridized carbons (Fsp3) is 0.786. The molecule has 1 aromatic rings. The van der Waals surface area contributed by atoms with Gasteiger partial charge in [0.1, 0.15) is 0 Å². The summed E-state index contributed by atoms with van der Waals surface area (Å²) in [5, 5.41) is 8.56. The molecule has 0 radical (unpaired) electrons. The molecule has 106 valence electrons. The first kappa shape index (κ1) is 13.4. The third-order valence-corrected chi connectivity index (χ3v) is 4.76. The Labute approximate surface area is 120 Å². The van der Waals surface area contributed by atoms with E-state index in [1.165, 1.54) is 52.0 Å². The third-order valence-electron chi connectivity index (χ3n) is 4.56. The van der Waals surface area contributed by atoms with E-state index in [0.717, 1.165) is 5.02 Å². The minimum absolute atomic E-state index is 0.474. The quantitative estimate of drug-likeness (QED) is 0.922. The van der Waals surface area contributed by atoms with Crippen molar-refractivity contribution < 1.29 is 0 Å². The number of nitrogens with one attached hydrogen (secondary N) is 1. The van der Waals surface area contributed by atoms with Crippen molar-refractivity contribution in [3.05, 3.63) is 17.4 Å². The number of piperidine rings is 1. The van der Waals surface area contributed by atoms with E-state index < -0.39 is 0 Å². The van der Waals surface area contributed by atoms with E-state index in [4.69, 9.17) is 11.6 Å². The molecule has 1 aromatic heterocycles. The Morgan fingerprint density at radius 2 is 2.26 bits per heavy atom. The van der Waals surface area contributed by atoms with E-state index in [1.807, 2.05) is 10.9 Å². The SMILES string of the molecule is CC1(CN2CCC(n3cc(Cl)cn3)CC2)CCNC1. The molecule has 2 aliphatic heterocycles. The maximum atomic E-state index is 5.94. The topological polar surface area (TPSA) is 33.1 Å². The van der Waals surface area contributed by atoms with Crippen molar-refractivity contribution in [1.29, 1.82) is 0 Å². The summed E-state index contributed by atoms with van der Waals surface area (Å²) in [6.07, 6.45) is 7.36. The second-order valence-corrected chi connectivity index (χ2v) is 6.82. The number of likely N-dealkylation sites (tertiary alicyclic amines) is 1. The van der Waals surface area contributed by atoms with Crippen LogP contribution in [0.5, 0.6) is 0 Å². The molecule has 0 saturated carbocycles. The Morgan fingerprint density at radius 3 is 2.84 bits per heavy atom. The molecule has 3 heterocycles. The number of hydrogen-bond donors (Lipinski definition) is 1. The Morgan fingerprint density at radius 1 is 1.47 bits per heavy atom. The highest BCUT2D eigenvalue weighted by molar-refractivity contribution is 6.30. The second kappa shape index (κ2) is 5.43. The lowest BCUT2D eigenvalue weighted by Crippen LogP contribution is -2.42. The Bertz CT molecular complexity index is 417. The summed E-state index contributed by atoms with van der Waals surface area (Å²) in [5.74, 6) is 0. The third kappa shape index (κ3) is 3.12. The monoisotopic (exact) mass is 282 g/mol. The fourth-order valence-corrected chi connectivity index (χ4v) is 3.54. The van der Waals surface area contributed by atoms with Crippen molar-refractivity contribution in [2.45, 2.75) is 32.2 Å². The van der Waals surface area contributed by atoms with E-state index in [9.17, 15) is 0 Å². The molecule has 3 rings (SSSR count). The number of rotatable bonds is 3. The Hall–Kier alpha value is -0.580. The highest BCUT2D eigenvalue weighted by atomic mass is 35.5. The molecule has 0 aromatic carbocycles. The van der Waals surface area contributed by atoms with Crippen LogP contribution in [-0.2, 0) is 0 Å². The molecule has 4 nitrogen and oxygen atoms in total. The average molecular weight is 283 g/mol. The molecule has 1 N–H and O–H groups in total. The van der Waals surface area contributed by atoms with Gasteiger partial charge in [0.05, 0.1) is 17.3 Å². The molecule has 1 atom stereocenters. The lowest BCUT2D eigenvalue weighted by Gasteiger charge is -2.37. The lowest BCUT2D eigenvalue weighted by molar-refractivity contribution is 0.127. The van der Waals surface area contributed by atoms with Gasteiger partial charge in [0.15, 0.2) is 0 Å². The summed E-state index contributed by atoms with van der Waals surface area (Å²) in [6.45, 7) is 8.34. The highest BCUT2D eigenvalue weighted by Crippen LogP contribution is 2.29. The summed E-state index contributed by atoms with van der Waals surface area (Å²) in [5.41, 5.74) is 0.474. The molecular weight excluding hydrogens is 260 g/mol. The average Bonchev–Trinajstić information content (AvgIpc) is 3.00. The Kier molecular flexibility index (Phi) is 3.83. The first-order valence-corrected chi connectivity index (χ1v) is 7.65. The first-order chi connectivity index (χ1) is 9.15. The maximum absolute atomic E-state index is 5.94. The van der Waals surface area contributed by atoms with Crippen LogP contribution >= 0.6 is 11.6 Å². The van der Waals surface area contributed by atoms with Gasteiger partial charge in [0.2, 0.25) is 0 Å². The molecule has 2 saturated heterocycles. The van der Waals surface area contributed by atoms with E-state index in [0.29, 0.717) is 11.5 Å². The van der Waals surface area contributed by atoms with E-state index >= 15 is 0 Å². The van der Waals surface area contributed by atoms with Crippen LogP contribution in [0.25, 0.3) is 0 Å². The van der Waals surface area contributed by atoms with Crippen molar-refractivity contribution in [1.82, 2.24) is 20.0 Å². The van der Waals surface area contributed by atoms with Crippen molar-refractivity contribution >= 4 is 11.6 Å². The molecule has 5 heteroatoms. The molecule has 2 aliphatic rings. The number of hydrogen-bond acceptors (Lipinski definition) is 3. The molecule has 1 unspecified atom stereocenters. The molecular formula is C14H23ClN4. The van der Waals surface area contributed by atoms with E-state index in [-0.39, 0.29) is 0 Å². The second-order valence-electron chi connectivity index (χ2n) is 6.38. The normalized spacial score (nSPS) is 30.0. The van der Waals surface area contributed by atoms with Gasteiger partial charge in [-0.15, -0.1) is 0 Å². The van der Waals surface area contributed by atoms with Gasteiger partial charge in [0, 0.05) is 32.4 Å². The molecule has 0 bridgehead atoms. The fourth-order valence-electron chi connectivity index (χ4n) is 3.40. The minimum atomic E-state index is 0.474. The van der Waals surface area contributed by atoms with Crippen LogP contribution in [-0.4, -0.2) is 47.4 Å². The first-order valence-electron chi connectivity index (χ1n) is 7.27. The number of aromatic nitrogens is 2. The zero-order chi connectivity index (χ0) is 13.3. The van der Waals surface area contributed by atoms with Gasteiger partial charge >= 0.3 is 0 Å². The molecule has 0 amide bonds. The summed E-state index contributed by atoms with van der Waals surface area (Å²) in [7, 11) is 0. The van der Waals surface area contributed by atoms with Crippen LogP contribution in [0, 0.1) is 5.41 Å². The van der Waals surface area contributed by atoms with Crippen molar-refractivity contribution in [3.63, 3.8) is 0 Å². The van der Waals surface area contributed by atoms with E-state index in [1.54, 1.807) is 6.20 Å². The van der Waals surface area contributed by atoms with Crippen molar-refractivity contribution in [2.24, 2.45) is 5.41 Å². The van der Waals surface area contributed by atoms with Gasteiger partial charge in [0.25, 0.3) is 0 Å².